The van der Waals surface area contributed by atoms with E-state index in [1.54, 1.807) is 0 Å². The van der Waals surface area contributed by atoms with Gasteiger partial charge < -0.3 is 9.47 Å². The van der Waals surface area contributed by atoms with Gasteiger partial charge in [0.25, 0.3) is 0 Å². The van der Waals surface area contributed by atoms with Crippen molar-refractivity contribution in [3.05, 3.63) is 91.0 Å². The summed E-state index contributed by atoms with van der Waals surface area (Å²) in [7, 11) is 0. The third-order valence-electron chi connectivity index (χ3n) is 4.93. The van der Waals surface area contributed by atoms with Crippen molar-refractivity contribution in [2.45, 2.75) is 26.4 Å². The van der Waals surface area contributed by atoms with E-state index in [9.17, 15) is 4.79 Å². The molecule has 156 valence electrons. The van der Waals surface area contributed by atoms with E-state index in [2.05, 4.69) is 78.6 Å². The molecular formula is C26H29O3P. The lowest BCUT2D eigenvalue weighted by atomic mass is 10.3. The van der Waals surface area contributed by atoms with Crippen LogP contribution in [0.4, 0.5) is 0 Å². The maximum absolute atomic E-state index is 12.3. The lowest BCUT2D eigenvalue weighted by Crippen LogP contribution is -2.31. The minimum atomic E-state index is -2.17. The van der Waals surface area contributed by atoms with Crippen molar-refractivity contribution < 1.29 is 14.3 Å². The van der Waals surface area contributed by atoms with Crippen LogP contribution in [0, 0.1) is 0 Å². The Bertz CT molecular complexity index is 866. The van der Waals surface area contributed by atoms with Crippen LogP contribution < -0.4 is 15.9 Å². The normalized spacial score (nSPS) is 12.2. The first-order valence-corrected chi connectivity index (χ1v) is 12.2. The third-order valence-corrected chi connectivity index (χ3v) is 9.05. The number of benzene rings is 3. The van der Waals surface area contributed by atoms with Gasteiger partial charge in [-0.1, -0.05) is 91.0 Å². The van der Waals surface area contributed by atoms with E-state index < -0.39 is 6.89 Å². The van der Waals surface area contributed by atoms with Crippen LogP contribution in [0.25, 0.3) is 0 Å². The topological polar surface area (TPSA) is 35.5 Å². The van der Waals surface area contributed by atoms with E-state index in [-0.39, 0.29) is 18.5 Å². The van der Waals surface area contributed by atoms with Gasteiger partial charge in [-0.05, 0) is 42.4 Å². The van der Waals surface area contributed by atoms with Crippen molar-refractivity contribution in [3.63, 3.8) is 0 Å². The quantitative estimate of drug-likeness (QED) is 0.386. The summed E-state index contributed by atoms with van der Waals surface area (Å²) in [6.45, 7) is 2.51. The van der Waals surface area contributed by atoms with Gasteiger partial charge in [-0.25, -0.2) is 0 Å². The average Bonchev–Trinajstić information content (AvgIpc) is 2.79. The fourth-order valence-electron chi connectivity index (χ4n) is 3.70. The zero-order valence-electron chi connectivity index (χ0n) is 17.6. The van der Waals surface area contributed by atoms with E-state index in [0.29, 0.717) is 13.2 Å². The Kier molecular flexibility index (Phi) is 8.07. The van der Waals surface area contributed by atoms with Crippen molar-refractivity contribution in [2.75, 3.05) is 13.2 Å². The molecule has 30 heavy (non-hydrogen) atoms. The van der Waals surface area contributed by atoms with Gasteiger partial charge in [-0.3, -0.25) is 4.79 Å². The summed E-state index contributed by atoms with van der Waals surface area (Å²) in [5.41, 5.74) is 0. The van der Waals surface area contributed by atoms with E-state index >= 15 is 0 Å². The summed E-state index contributed by atoms with van der Waals surface area (Å²) in [6.07, 6.45) is -0.140. The lowest BCUT2D eigenvalue weighted by Gasteiger charge is -2.30. The second kappa shape index (κ2) is 11.0. The summed E-state index contributed by atoms with van der Waals surface area (Å²) in [4.78, 5) is 12.3. The van der Waals surface area contributed by atoms with Crippen molar-refractivity contribution in [1.82, 2.24) is 0 Å². The molecule has 3 aromatic rings. The molecule has 0 N–H and O–H groups in total. The highest BCUT2D eigenvalue weighted by Gasteiger charge is 2.27. The fourth-order valence-corrected chi connectivity index (χ4v) is 7.73. The zero-order valence-corrected chi connectivity index (χ0v) is 18.5. The van der Waals surface area contributed by atoms with Crippen LogP contribution in [0.1, 0.15) is 20.3 Å². The first-order chi connectivity index (χ1) is 14.7. The molecule has 1 unspecified atom stereocenters. The first-order valence-electron chi connectivity index (χ1n) is 10.4. The molecule has 0 heterocycles. The lowest BCUT2D eigenvalue weighted by molar-refractivity contribution is -0.145. The molecule has 3 aromatic carbocycles. The highest BCUT2D eigenvalue weighted by molar-refractivity contribution is 7.94. The molecule has 0 aliphatic heterocycles. The van der Waals surface area contributed by atoms with Crippen LogP contribution in [0.15, 0.2) is 91.0 Å². The Morgan fingerprint density at radius 2 is 1.20 bits per heavy atom. The van der Waals surface area contributed by atoms with Gasteiger partial charge in [0.2, 0.25) is 0 Å². The van der Waals surface area contributed by atoms with Gasteiger partial charge in [-0.2, -0.15) is 0 Å². The highest BCUT2D eigenvalue weighted by Crippen LogP contribution is 2.44. The van der Waals surface area contributed by atoms with Crippen molar-refractivity contribution >= 4 is 34.6 Å². The molecule has 3 nitrogen and oxygen atoms in total. The van der Waals surface area contributed by atoms with E-state index in [0.717, 1.165) is 0 Å². The van der Waals surface area contributed by atoms with Gasteiger partial charge in [0.15, 0.2) is 0 Å². The molecule has 0 saturated carbocycles. The number of carbonyl (C=O) groups is 1. The summed E-state index contributed by atoms with van der Waals surface area (Å²) < 4.78 is 11.3. The molecule has 0 bridgehead atoms. The van der Waals surface area contributed by atoms with Crippen molar-refractivity contribution in [2.24, 2.45) is 0 Å². The Labute approximate surface area is 179 Å². The van der Waals surface area contributed by atoms with Gasteiger partial charge in [0, 0.05) is 6.61 Å². The monoisotopic (exact) mass is 420 g/mol. The van der Waals surface area contributed by atoms with Crippen LogP contribution >= 0.6 is 6.89 Å². The third kappa shape index (κ3) is 5.11. The zero-order chi connectivity index (χ0) is 21.2. The summed E-state index contributed by atoms with van der Waals surface area (Å²) >= 11 is 0. The van der Waals surface area contributed by atoms with Crippen LogP contribution in [0.5, 0.6) is 0 Å². The molecule has 0 radical (unpaired) electrons. The van der Waals surface area contributed by atoms with Crippen LogP contribution in [0.3, 0.4) is 0 Å². The summed E-state index contributed by atoms with van der Waals surface area (Å²) in [5.74, 6) is 2.03. The van der Waals surface area contributed by atoms with E-state index in [1.165, 1.54) is 15.9 Å². The minimum absolute atomic E-state index is 0.204. The molecule has 0 aliphatic carbocycles. The van der Waals surface area contributed by atoms with Gasteiger partial charge in [0.1, 0.15) is 0 Å². The van der Waals surface area contributed by atoms with Crippen LogP contribution in [-0.2, 0) is 14.3 Å². The largest absolute Gasteiger partial charge is 0.466 e. The molecular weight excluding hydrogens is 391 g/mol. The van der Waals surface area contributed by atoms with Crippen LogP contribution in [-0.4, -0.2) is 31.1 Å². The Hall–Kier alpha value is -2.61. The van der Waals surface area contributed by atoms with E-state index in [1.807, 2.05) is 32.0 Å². The molecule has 0 spiro atoms. The number of rotatable bonds is 9. The number of carbonyl (C=O) groups excluding carboxylic acids is 1. The SMILES string of the molecule is CCOC(=O)CC(C=P(c1ccccc1)(c1ccccc1)c1ccccc1)OCC. The molecule has 0 saturated heterocycles. The number of esters is 1. The average molecular weight is 420 g/mol. The van der Waals surface area contributed by atoms with Gasteiger partial charge >= 0.3 is 5.97 Å². The van der Waals surface area contributed by atoms with E-state index in [4.69, 9.17) is 9.47 Å². The minimum Gasteiger partial charge on any atom is -0.466 e. The highest BCUT2D eigenvalue weighted by atomic mass is 31.2. The number of hydrogen-bond donors (Lipinski definition) is 0. The smallest absolute Gasteiger partial charge is 0.308 e. The second-order valence-electron chi connectivity index (χ2n) is 6.88. The Morgan fingerprint density at radius 3 is 1.57 bits per heavy atom. The summed E-state index contributed by atoms with van der Waals surface area (Å²) in [5, 5.41) is 3.70. The second-order valence-corrected chi connectivity index (χ2v) is 10.2. The molecule has 0 aliphatic rings. The molecule has 0 aromatic heterocycles. The molecule has 0 fully saturated rings. The predicted molar refractivity (Wildman–Crippen MR) is 128 cm³/mol. The fraction of sp³-hybridized carbons (Fsp3) is 0.231. The maximum atomic E-state index is 12.3. The predicted octanol–water partition coefficient (Wildman–Crippen LogP) is 4.14. The maximum Gasteiger partial charge on any atom is 0.308 e. The standard InChI is InChI=1S/C26H29O3P/c1-3-28-22(20-26(27)29-4-2)21-30(23-14-8-5-9-15-23,24-16-10-6-11-17-24)25-18-12-7-13-19-25/h5-19,21-22H,3-4,20H2,1-2H3. The Morgan fingerprint density at radius 1 is 0.767 bits per heavy atom. The summed E-state index contributed by atoms with van der Waals surface area (Å²) in [6, 6.07) is 31.6. The Balaban J connectivity index is 2.29. The van der Waals surface area contributed by atoms with Crippen molar-refractivity contribution in [1.29, 1.82) is 0 Å². The molecule has 3 rings (SSSR count). The van der Waals surface area contributed by atoms with Crippen molar-refractivity contribution in [3.8, 4) is 0 Å². The van der Waals surface area contributed by atoms with Gasteiger partial charge in [-0.15, -0.1) is 0 Å². The molecule has 1 atom stereocenters. The molecule has 0 amide bonds. The first kappa shape index (κ1) is 22.1. The van der Waals surface area contributed by atoms with Crippen LogP contribution in [0.2, 0.25) is 0 Å². The number of ether oxygens (including phenoxy) is 2. The molecule has 4 heteroatoms. The van der Waals surface area contributed by atoms with Gasteiger partial charge in [0.05, 0.1) is 19.1 Å². The number of hydrogen-bond acceptors (Lipinski definition) is 3.